The average Bonchev–Trinajstić information content (AvgIpc) is 2.47. The minimum Gasteiger partial charge on any atom is -0.383 e. The number of rotatable bonds is 7. The number of ether oxygens (including phenoxy) is 1. The van der Waals surface area contributed by atoms with Gasteiger partial charge in [0.05, 0.1) is 12.6 Å². The average molecular weight is 270 g/mol. The van der Waals surface area contributed by atoms with Crippen molar-refractivity contribution in [2.75, 3.05) is 26.8 Å². The van der Waals surface area contributed by atoms with E-state index < -0.39 is 0 Å². The van der Waals surface area contributed by atoms with Crippen molar-refractivity contribution in [1.82, 2.24) is 10.2 Å². The van der Waals surface area contributed by atoms with Gasteiger partial charge in [-0.3, -0.25) is 4.79 Å². The van der Waals surface area contributed by atoms with Gasteiger partial charge in [-0.1, -0.05) is 20.3 Å². The van der Waals surface area contributed by atoms with Crippen molar-refractivity contribution in [3.63, 3.8) is 0 Å². The Balaban J connectivity index is 2.63. The van der Waals surface area contributed by atoms with Crippen LogP contribution < -0.4 is 5.32 Å². The number of hydrogen-bond donors (Lipinski definition) is 1. The third kappa shape index (κ3) is 4.77. The van der Waals surface area contributed by atoms with Gasteiger partial charge >= 0.3 is 0 Å². The number of hydrogen-bond acceptors (Lipinski definition) is 3. The molecule has 0 spiro atoms. The molecule has 112 valence electrons. The van der Waals surface area contributed by atoms with E-state index in [9.17, 15) is 4.79 Å². The molecular weight excluding hydrogens is 240 g/mol. The molecule has 0 aromatic carbocycles. The van der Waals surface area contributed by atoms with Crippen LogP contribution in [-0.4, -0.2) is 49.7 Å². The Labute approximate surface area is 117 Å². The third-order valence-electron chi connectivity index (χ3n) is 4.33. The van der Waals surface area contributed by atoms with Crippen molar-refractivity contribution in [2.24, 2.45) is 5.92 Å². The first-order valence-electron chi connectivity index (χ1n) is 7.66. The molecular formula is C15H30N2O2. The van der Waals surface area contributed by atoms with Crippen molar-refractivity contribution < 1.29 is 9.53 Å². The minimum atomic E-state index is 0.00422. The summed E-state index contributed by atoms with van der Waals surface area (Å²) in [6, 6.07) is 0.288. The summed E-state index contributed by atoms with van der Waals surface area (Å²) < 4.78 is 5.13. The molecule has 19 heavy (non-hydrogen) atoms. The lowest BCUT2D eigenvalue weighted by molar-refractivity contribution is -0.137. The zero-order valence-electron chi connectivity index (χ0n) is 12.9. The first kappa shape index (κ1) is 16.4. The molecule has 4 heteroatoms. The molecule has 0 bridgehead atoms. The summed E-state index contributed by atoms with van der Waals surface area (Å²) in [5, 5.41) is 3.39. The Bertz CT molecular complexity index is 271. The fourth-order valence-electron chi connectivity index (χ4n) is 2.71. The predicted molar refractivity (Wildman–Crippen MR) is 78.1 cm³/mol. The molecule has 0 aromatic rings. The van der Waals surface area contributed by atoms with Crippen molar-refractivity contribution in [2.45, 2.75) is 58.5 Å². The van der Waals surface area contributed by atoms with Crippen LogP contribution in [0.3, 0.4) is 0 Å². The molecule has 1 N–H and O–H groups in total. The maximum atomic E-state index is 12.7. The number of carbonyl (C=O) groups is 1. The van der Waals surface area contributed by atoms with Gasteiger partial charge in [-0.2, -0.15) is 0 Å². The second kappa shape index (κ2) is 8.54. The van der Waals surface area contributed by atoms with Crippen LogP contribution in [0.5, 0.6) is 0 Å². The highest BCUT2D eigenvalue weighted by atomic mass is 16.5. The second-order valence-electron chi connectivity index (χ2n) is 5.59. The molecule has 1 fully saturated rings. The van der Waals surface area contributed by atoms with Gasteiger partial charge < -0.3 is 15.0 Å². The number of carbonyl (C=O) groups excluding carboxylic acids is 1. The van der Waals surface area contributed by atoms with Gasteiger partial charge in [-0.15, -0.1) is 0 Å². The molecule has 1 aliphatic rings. The van der Waals surface area contributed by atoms with E-state index in [0.29, 0.717) is 19.1 Å². The van der Waals surface area contributed by atoms with E-state index in [2.05, 4.69) is 26.1 Å². The molecule has 1 rings (SSSR count). The topological polar surface area (TPSA) is 41.6 Å². The summed E-state index contributed by atoms with van der Waals surface area (Å²) in [5.74, 6) is 0.945. The largest absolute Gasteiger partial charge is 0.383 e. The smallest absolute Gasteiger partial charge is 0.240 e. The minimum absolute atomic E-state index is 0.00422. The highest BCUT2D eigenvalue weighted by molar-refractivity contribution is 5.82. The van der Waals surface area contributed by atoms with Crippen LogP contribution in [0.4, 0.5) is 0 Å². The van der Waals surface area contributed by atoms with E-state index in [4.69, 9.17) is 4.74 Å². The monoisotopic (exact) mass is 270 g/mol. The number of nitrogens with one attached hydrogen (secondary N) is 1. The van der Waals surface area contributed by atoms with Gasteiger partial charge in [0.25, 0.3) is 0 Å². The van der Waals surface area contributed by atoms with Crippen molar-refractivity contribution >= 4 is 5.91 Å². The third-order valence-corrected chi connectivity index (χ3v) is 4.33. The molecule has 1 amide bonds. The van der Waals surface area contributed by atoms with Crippen LogP contribution in [0, 0.1) is 5.92 Å². The maximum Gasteiger partial charge on any atom is 0.240 e. The van der Waals surface area contributed by atoms with E-state index in [1.807, 2.05) is 4.90 Å². The Kier molecular flexibility index (Phi) is 7.39. The lowest BCUT2D eigenvalue weighted by Gasteiger charge is -2.36. The Morgan fingerprint density at radius 3 is 2.79 bits per heavy atom. The van der Waals surface area contributed by atoms with E-state index in [-0.39, 0.29) is 18.0 Å². The molecule has 3 unspecified atom stereocenters. The maximum absolute atomic E-state index is 12.7. The van der Waals surface area contributed by atoms with Crippen LogP contribution in [0.15, 0.2) is 0 Å². The van der Waals surface area contributed by atoms with Crippen LogP contribution in [0.25, 0.3) is 0 Å². The van der Waals surface area contributed by atoms with E-state index in [0.717, 1.165) is 19.4 Å². The predicted octanol–water partition coefficient (Wildman–Crippen LogP) is 2.04. The van der Waals surface area contributed by atoms with Crippen LogP contribution in [-0.2, 0) is 9.53 Å². The van der Waals surface area contributed by atoms with E-state index in [1.165, 1.54) is 12.8 Å². The van der Waals surface area contributed by atoms with E-state index in [1.54, 1.807) is 7.11 Å². The van der Waals surface area contributed by atoms with Crippen LogP contribution >= 0.6 is 0 Å². The van der Waals surface area contributed by atoms with Gasteiger partial charge in [-0.05, 0) is 38.6 Å². The van der Waals surface area contributed by atoms with Gasteiger partial charge in [0.1, 0.15) is 0 Å². The summed E-state index contributed by atoms with van der Waals surface area (Å²) in [5.41, 5.74) is 0. The Morgan fingerprint density at radius 2 is 2.21 bits per heavy atom. The lowest BCUT2D eigenvalue weighted by atomic mass is 9.89. The molecule has 1 heterocycles. The van der Waals surface area contributed by atoms with Crippen molar-refractivity contribution in [1.29, 1.82) is 0 Å². The first-order chi connectivity index (χ1) is 9.13. The van der Waals surface area contributed by atoms with E-state index >= 15 is 0 Å². The number of amides is 1. The summed E-state index contributed by atoms with van der Waals surface area (Å²) in [4.78, 5) is 14.7. The SMILES string of the molecule is CCC1CCNC(C(=O)N(CCOC)C(C)CC)C1. The number of methoxy groups -OCH3 is 1. The molecule has 0 aromatic heterocycles. The van der Waals surface area contributed by atoms with Gasteiger partial charge in [0, 0.05) is 19.7 Å². The molecule has 3 atom stereocenters. The quantitative estimate of drug-likeness (QED) is 0.770. The normalized spacial score (nSPS) is 25.1. The van der Waals surface area contributed by atoms with Crippen LogP contribution in [0.2, 0.25) is 0 Å². The van der Waals surface area contributed by atoms with Crippen LogP contribution in [0.1, 0.15) is 46.5 Å². The molecule has 0 radical (unpaired) electrons. The zero-order chi connectivity index (χ0) is 14.3. The fraction of sp³-hybridized carbons (Fsp3) is 0.933. The fourth-order valence-corrected chi connectivity index (χ4v) is 2.71. The first-order valence-corrected chi connectivity index (χ1v) is 7.66. The molecule has 4 nitrogen and oxygen atoms in total. The summed E-state index contributed by atoms with van der Waals surface area (Å²) in [6.07, 6.45) is 4.34. The molecule has 0 saturated carbocycles. The van der Waals surface area contributed by atoms with Gasteiger partial charge in [-0.25, -0.2) is 0 Å². The molecule has 0 aliphatic carbocycles. The standard InChI is InChI=1S/C15H30N2O2/c1-5-12(3)17(9-10-19-4)15(18)14-11-13(6-2)7-8-16-14/h12-14,16H,5-11H2,1-4H3. The Hall–Kier alpha value is -0.610. The number of piperidine rings is 1. The van der Waals surface area contributed by atoms with Crippen molar-refractivity contribution in [3.8, 4) is 0 Å². The highest BCUT2D eigenvalue weighted by Crippen LogP contribution is 2.21. The second-order valence-corrected chi connectivity index (χ2v) is 5.59. The van der Waals surface area contributed by atoms with Gasteiger partial charge in [0.2, 0.25) is 5.91 Å². The highest BCUT2D eigenvalue weighted by Gasteiger charge is 2.30. The zero-order valence-corrected chi connectivity index (χ0v) is 12.9. The summed E-state index contributed by atoms with van der Waals surface area (Å²) in [6.45, 7) is 8.73. The lowest BCUT2D eigenvalue weighted by Crippen LogP contribution is -2.53. The molecule has 1 aliphatic heterocycles. The van der Waals surface area contributed by atoms with Gasteiger partial charge in [0.15, 0.2) is 0 Å². The number of nitrogens with zero attached hydrogens (tertiary/aromatic N) is 1. The summed E-state index contributed by atoms with van der Waals surface area (Å²) in [7, 11) is 1.69. The Morgan fingerprint density at radius 1 is 1.47 bits per heavy atom. The summed E-state index contributed by atoms with van der Waals surface area (Å²) >= 11 is 0. The van der Waals surface area contributed by atoms with Crippen molar-refractivity contribution in [3.05, 3.63) is 0 Å². The molecule has 1 saturated heterocycles.